The largest absolute Gasteiger partial charge is 0.313 e. The Balaban J connectivity index is 2.28. The van der Waals surface area contributed by atoms with Crippen molar-refractivity contribution >= 4 is 15.9 Å². The number of nitrogens with zero attached hydrogens (tertiary/aromatic N) is 3. The number of aryl methyl sites for hydroxylation is 1. The third-order valence-corrected chi connectivity index (χ3v) is 3.92. The molecule has 0 fully saturated rings. The topological polar surface area (TPSA) is 42.7 Å². The van der Waals surface area contributed by atoms with Gasteiger partial charge in [0.05, 0.1) is 4.47 Å². The third-order valence-electron chi connectivity index (χ3n) is 3.09. The molecular weight excluding hydrogens is 311 g/mol. The Labute approximate surface area is 120 Å². The van der Waals surface area contributed by atoms with Crippen LogP contribution in [-0.4, -0.2) is 21.8 Å². The first-order valence-corrected chi connectivity index (χ1v) is 6.94. The first-order valence-electron chi connectivity index (χ1n) is 6.15. The van der Waals surface area contributed by atoms with Crippen molar-refractivity contribution in [2.24, 2.45) is 0 Å². The molecule has 0 aliphatic rings. The highest BCUT2D eigenvalue weighted by Gasteiger charge is 2.18. The fourth-order valence-corrected chi connectivity index (χ4v) is 2.59. The lowest BCUT2D eigenvalue weighted by atomic mass is 10.0. The Kier molecular flexibility index (Phi) is 4.66. The molecular formula is C13H16BrFN4. The monoisotopic (exact) mass is 326 g/mol. The molecule has 6 heteroatoms. The summed E-state index contributed by atoms with van der Waals surface area (Å²) >= 11 is 3.30. The zero-order chi connectivity index (χ0) is 13.8. The molecule has 19 heavy (non-hydrogen) atoms. The number of hydrogen-bond acceptors (Lipinski definition) is 3. The Morgan fingerprint density at radius 2 is 2.26 bits per heavy atom. The smallest absolute Gasteiger partial charge is 0.138 e. The summed E-state index contributed by atoms with van der Waals surface area (Å²) in [4.78, 5) is 4.26. The minimum atomic E-state index is -0.255. The number of aromatic nitrogens is 3. The van der Waals surface area contributed by atoms with Gasteiger partial charge in [-0.15, -0.1) is 0 Å². The number of benzene rings is 1. The van der Waals surface area contributed by atoms with Crippen LogP contribution in [0.5, 0.6) is 0 Å². The van der Waals surface area contributed by atoms with E-state index in [0.29, 0.717) is 10.9 Å². The standard InChI is InChI=1S/C13H16BrFN4/c1-3-19-12(17-8-18-19)7-11(16-2)9-5-4-6-10(15)13(9)14/h4-6,8,11,16H,3,7H2,1-2H3. The summed E-state index contributed by atoms with van der Waals surface area (Å²) in [7, 11) is 1.86. The average molecular weight is 327 g/mol. The maximum Gasteiger partial charge on any atom is 0.138 e. The molecule has 1 unspecified atom stereocenters. The van der Waals surface area contributed by atoms with Gasteiger partial charge in [-0.3, -0.25) is 4.68 Å². The van der Waals surface area contributed by atoms with Crippen molar-refractivity contribution in [3.05, 3.63) is 46.2 Å². The van der Waals surface area contributed by atoms with E-state index < -0.39 is 0 Å². The molecule has 2 aromatic rings. The minimum absolute atomic E-state index is 0.0143. The zero-order valence-corrected chi connectivity index (χ0v) is 12.5. The molecule has 1 N–H and O–H groups in total. The quantitative estimate of drug-likeness (QED) is 0.918. The molecule has 0 spiro atoms. The van der Waals surface area contributed by atoms with E-state index in [1.807, 2.05) is 24.7 Å². The lowest BCUT2D eigenvalue weighted by Gasteiger charge is -2.18. The van der Waals surface area contributed by atoms with E-state index in [1.54, 1.807) is 12.4 Å². The summed E-state index contributed by atoms with van der Waals surface area (Å²) in [6.45, 7) is 2.79. The Hall–Kier alpha value is -1.27. The van der Waals surface area contributed by atoms with Crippen molar-refractivity contribution < 1.29 is 4.39 Å². The number of nitrogens with one attached hydrogen (secondary N) is 1. The van der Waals surface area contributed by atoms with Gasteiger partial charge in [-0.05, 0) is 41.5 Å². The summed E-state index contributed by atoms with van der Waals surface area (Å²) in [6.07, 6.45) is 2.21. The zero-order valence-electron chi connectivity index (χ0n) is 10.9. The minimum Gasteiger partial charge on any atom is -0.313 e. The van der Waals surface area contributed by atoms with Gasteiger partial charge in [0, 0.05) is 19.0 Å². The van der Waals surface area contributed by atoms with Crippen molar-refractivity contribution in [3.8, 4) is 0 Å². The molecule has 1 heterocycles. The van der Waals surface area contributed by atoms with Crippen molar-refractivity contribution in [1.29, 1.82) is 0 Å². The first-order chi connectivity index (χ1) is 9.17. The van der Waals surface area contributed by atoms with Crippen LogP contribution in [0.15, 0.2) is 29.0 Å². The van der Waals surface area contributed by atoms with Crippen LogP contribution in [0, 0.1) is 5.82 Å². The fourth-order valence-electron chi connectivity index (χ4n) is 2.05. The van der Waals surface area contributed by atoms with Crippen LogP contribution < -0.4 is 5.32 Å². The summed E-state index contributed by atoms with van der Waals surface area (Å²) < 4.78 is 15.9. The van der Waals surface area contributed by atoms with Crippen molar-refractivity contribution in [1.82, 2.24) is 20.1 Å². The number of likely N-dealkylation sites (N-methyl/N-ethyl adjacent to an activating group) is 1. The summed E-state index contributed by atoms with van der Waals surface area (Å²) in [5.41, 5.74) is 0.883. The predicted octanol–water partition coefficient (Wildman–Crippen LogP) is 2.70. The SMILES string of the molecule is CCn1ncnc1CC(NC)c1cccc(F)c1Br. The molecule has 1 atom stereocenters. The van der Waals surface area contributed by atoms with Crippen molar-refractivity contribution in [3.63, 3.8) is 0 Å². The van der Waals surface area contributed by atoms with Crippen molar-refractivity contribution in [2.45, 2.75) is 25.9 Å². The molecule has 1 aromatic heterocycles. The highest BCUT2D eigenvalue weighted by molar-refractivity contribution is 9.10. The van der Waals surface area contributed by atoms with Gasteiger partial charge in [-0.1, -0.05) is 12.1 Å². The number of halogens is 2. The number of rotatable bonds is 5. The fraction of sp³-hybridized carbons (Fsp3) is 0.385. The maximum atomic E-state index is 13.6. The molecule has 2 rings (SSSR count). The van der Waals surface area contributed by atoms with Gasteiger partial charge in [0.2, 0.25) is 0 Å². The van der Waals surface area contributed by atoms with Gasteiger partial charge < -0.3 is 5.32 Å². The van der Waals surface area contributed by atoms with Gasteiger partial charge in [-0.2, -0.15) is 5.10 Å². The van der Waals surface area contributed by atoms with E-state index in [9.17, 15) is 4.39 Å². The second kappa shape index (κ2) is 6.25. The van der Waals surface area contributed by atoms with E-state index in [1.165, 1.54) is 6.07 Å². The van der Waals surface area contributed by atoms with Crippen LogP contribution in [0.2, 0.25) is 0 Å². The molecule has 4 nitrogen and oxygen atoms in total. The second-order valence-corrected chi connectivity index (χ2v) is 4.97. The van der Waals surface area contributed by atoms with E-state index in [2.05, 4.69) is 31.3 Å². The van der Waals surface area contributed by atoms with Crippen LogP contribution in [0.25, 0.3) is 0 Å². The van der Waals surface area contributed by atoms with E-state index in [0.717, 1.165) is 17.9 Å². The van der Waals surface area contributed by atoms with Crippen LogP contribution in [0.4, 0.5) is 4.39 Å². The first kappa shape index (κ1) is 14.1. The third kappa shape index (κ3) is 3.01. The molecule has 0 saturated heterocycles. The molecule has 102 valence electrons. The molecule has 0 amide bonds. The Bertz CT molecular complexity index is 555. The van der Waals surface area contributed by atoms with Crippen molar-refractivity contribution in [2.75, 3.05) is 7.05 Å². The second-order valence-electron chi connectivity index (χ2n) is 4.18. The van der Waals surface area contributed by atoms with Crippen LogP contribution in [-0.2, 0) is 13.0 Å². The predicted molar refractivity (Wildman–Crippen MR) is 75.3 cm³/mol. The molecule has 0 aliphatic heterocycles. The lowest BCUT2D eigenvalue weighted by Crippen LogP contribution is -2.21. The normalized spacial score (nSPS) is 12.6. The van der Waals surface area contributed by atoms with Crippen LogP contribution in [0.3, 0.4) is 0 Å². The molecule has 0 aliphatic carbocycles. The molecule has 0 bridgehead atoms. The summed E-state index contributed by atoms with van der Waals surface area (Å²) in [5.74, 6) is 0.632. The Morgan fingerprint density at radius 3 is 2.95 bits per heavy atom. The van der Waals surface area contributed by atoms with Crippen LogP contribution >= 0.6 is 15.9 Å². The lowest BCUT2D eigenvalue weighted by molar-refractivity contribution is 0.527. The van der Waals surface area contributed by atoms with Gasteiger partial charge in [0.25, 0.3) is 0 Å². The summed E-state index contributed by atoms with van der Waals surface area (Å²) in [5, 5.41) is 7.35. The van der Waals surface area contributed by atoms with E-state index in [-0.39, 0.29) is 11.9 Å². The molecule has 1 aromatic carbocycles. The maximum absolute atomic E-state index is 13.6. The van der Waals surface area contributed by atoms with Gasteiger partial charge in [0.15, 0.2) is 0 Å². The van der Waals surface area contributed by atoms with Crippen LogP contribution in [0.1, 0.15) is 24.4 Å². The van der Waals surface area contributed by atoms with Gasteiger partial charge in [0.1, 0.15) is 18.0 Å². The average Bonchev–Trinajstić information content (AvgIpc) is 2.87. The Morgan fingerprint density at radius 1 is 1.47 bits per heavy atom. The van der Waals surface area contributed by atoms with Gasteiger partial charge >= 0.3 is 0 Å². The number of hydrogen-bond donors (Lipinski definition) is 1. The molecule has 0 saturated carbocycles. The van der Waals surface area contributed by atoms with E-state index >= 15 is 0 Å². The van der Waals surface area contributed by atoms with Gasteiger partial charge in [-0.25, -0.2) is 9.37 Å². The highest BCUT2D eigenvalue weighted by Crippen LogP contribution is 2.27. The summed E-state index contributed by atoms with van der Waals surface area (Å²) in [6, 6.07) is 5.04. The molecule has 0 radical (unpaired) electrons. The highest BCUT2D eigenvalue weighted by atomic mass is 79.9. The van der Waals surface area contributed by atoms with E-state index in [4.69, 9.17) is 0 Å².